The van der Waals surface area contributed by atoms with Crippen LogP contribution in [0, 0.1) is 0 Å². The summed E-state index contributed by atoms with van der Waals surface area (Å²) in [4.78, 5) is 13.0. The van der Waals surface area contributed by atoms with Gasteiger partial charge in [0.25, 0.3) is 5.91 Å². The lowest BCUT2D eigenvalue weighted by Gasteiger charge is -2.07. The van der Waals surface area contributed by atoms with E-state index in [0.717, 1.165) is 16.8 Å². The van der Waals surface area contributed by atoms with E-state index in [-0.39, 0.29) is 10.2 Å². The molecule has 0 aromatic heterocycles. The molecule has 0 spiro atoms. The second kappa shape index (κ2) is 8.30. The van der Waals surface area contributed by atoms with Gasteiger partial charge in [-0.05, 0) is 42.6 Å². The normalized spacial score (nSPS) is 16.3. The zero-order chi connectivity index (χ0) is 18.8. The van der Waals surface area contributed by atoms with Crippen molar-refractivity contribution in [3.8, 4) is 0 Å². The standard InChI is InChI=1S/C17H8Cl4N2OS2/c18-11-3-1-4-12(19)9(11)7-15-16(24)23(17(25)26-15)22-8-10-13(20)5-2-6-14(10)21/h1-8H/b15-7-,22-8+. The van der Waals surface area contributed by atoms with E-state index in [1.807, 2.05) is 0 Å². The van der Waals surface area contributed by atoms with Crippen molar-refractivity contribution in [3.63, 3.8) is 0 Å². The Balaban J connectivity index is 1.90. The number of carbonyl (C=O) groups excluding carboxylic acids is 1. The molecule has 2 aromatic carbocycles. The molecule has 0 atom stereocenters. The van der Waals surface area contributed by atoms with Crippen LogP contribution in [0.25, 0.3) is 6.08 Å². The molecular formula is C17H8Cl4N2OS2. The van der Waals surface area contributed by atoms with Gasteiger partial charge >= 0.3 is 0 Å². The fraction of sp³-hybridized carbons (Fsp3) is 0. The first kappa shape index (κ1) is 19.7. The Hall–Kier alpha value is -1.08. The molecule has 1 aliphatic rings. The van der Waals surface area contributed by atoms with Crippen LogP contribution in [-0.2, 0) is 4.79 Å². The number of hydrogen-bond donors (Lipinski definition) is 0. The number of thiocarbonyl (C=S) groups is 1. The van der Waals surface area contributed by atoms with E-state index in [4.69, 9.17) is 58.6 Å². The first-order chi connectivity index (χ1) is 12.4. The highest BCUT2D eigenvalue weighted by Crippen LogP contribution is 2.36. The van der Waals surface area contributed by atoms with Crippen molar-refractivity contribution < 1.29 is 4.79 Å². The molecule has 9 heteroatoms. The smallest absolute Gasteiger partial charge is 0.266 e. The molecule has 132 valence electrons. The third kappa shape index (κ3) is 4.09. The molecule has 3 nitrogen and oxygen atoms in total. The molecule has 0 unspecified atom stereocenters. The average molecular weight is 462 g/mol. The Morgan fingerprint density at radius 3 is 1.96 bits per heavy atom. The topological polar surface area (TPSA) is 32.7 Å². The number of amides is 1. The van der Waals surface area contributed by atoms with Gasteiger partial charge in [0.15, 0.2) is 4.32 Å². The van der Waals surface area contributed by atoms with E-state index in [0.29, 0.717) is 36.1 Å². The third-order valence-electron chi connectivity index (χ3n) is 3.35. The van der Waals surface area contributed by atoms with Crippen LogP contribution < -0.4 is 0 Å². The van der Waals surface area contributed by atoms with Crippen molar-refractivity contribution in [2.24, 2.45) is 5.10 Å². The predicted molar refractivity (Wildman–Crippen MR) is 116 cm³/mol. The summed E-state index contributed by atoms with van der Waals surface area (Å²) in [5.41, 5.74) is 1.05. The Labute approximate surface area is 179 Å². The van der Waals surface area contributed by atoms with Gasteiger partial charge in [-0.2, -0.15) is 10.1 Å². The number of benzene rings is 2. The van der Waals surface area contributed by atoms with Gasteiger partial charge in [-0.1, -0.05) is 70.3 Å². The fourth-order valence-corrected chi connectivity index (χ4v) is 4.24. The molecule has 0 radical (unpaired) electrons. The van der Waals surface area contributed by atoms with Crippen LogP contribution in [0.4, 0.5) is 0 Å². The molecule has 0 N–H and O–H groups in total. The maximum atomic E-state index is 12.6. The Bertz CT molecular complexity index is 935. The van der Waals surface area contributed by atoms with Crippen molar-refractivity contribution in [2.45, 2.75) is 0 Å². The molecular weight excluding hydrogens is 454 g/mol. The van der Waals surface area contributed by atoms with E-state index in [1.54, 1.807) is 42.5 Å². The third-order valence-corrected chi connectivity index (χ3v) is 5.95. The summed E-state index contributed by atoms with van der Waals surface area (Å²) in [6, 6.07) is 10.2. The lowest BCUT2D eigenvalue weighted by Crippen LogP contribution is -2.22. The molecule has 3 rings (SSSR count). The first-order valence-electron chi connectivity index (χ1n) is 7.08. The largest absolute Gasteiger partial charge is 0.286 e. The summed E-state index contributed by atoms with van der Waals surface area (Å²) in [6.45, 7) is 0. The van der Waals surface area contributed by atoms with Gasteiger partial charge in [-0.25, -0.2) is 0 Å². The number of hydrazone groups is 1. The minimum atomic E-state index is -0.379. The number of halogens is 4. The molecule has 0 bridgehead atoms. The highest BCUT2D eigenvalue weighted by Gasteiger charge is 2.32. The molecule has 1 aliphatic heterocycles. The van der Waals surface area contributed by atoms with Crippen molar-refractivity contribution in [1.82, 2.24) is 5.01 Å². The number of rotatable bonds is 3. The molecule has 1 saturated heterocycles. The highest BCUT2D eigenvalue weighted by atomic mass is 35.5. The van der Waals surface area contributed by atoms with Gasteiger partial charge in [-0.15, -0.1) is 0 Å². The van der Waals surface area contributed by atoms with Crippen molar-refractivity contribution >= 4 is 92.9 Å². The Morgan fingerprint density at radius 2 is 1.42 bits per heavy atom. The van der Waals surface area contributed by atoms with Crippen LogP contribution in [0.15, 0.2) is 46.4 Å². The van der Waals surface area contributed by atoms with Gasteiger partial charge < -0.3 is 0 Å². The van der Waals surface area contributed by atoms with Gasteiger partial charge in [0, 0.05) is 21.2 Å². The monoisotopic (exact) mass is 460 g/mol. The zero-order valence-electron chi connectivity index (χ0n) is 12.7. The van der Waals surface area contributed by atoms with E-state index in [1.165, 1.54) is 6.21 Å². The molecule has 0 aliphatic carbocycles. The lowest BCUT2D eigenvalue weighted by molar-refractivity contribution is -0.122. The van der Waals surface area contributed by atoms with Crippen molar-refractivity contribution in [1.29, 1.82) is 0 Å². The summed E-state index contributed by atoms with van der Waals surface area (Å²) >= 11 is 30.8. The van der Waals surface area contributed by atoms with E-state index >= 15 is 0 Å². The quantitative estimate of drug-likeness (QED) is 0.295. The van der Waals surface area contributed by atoms with Crippen LogP contribution in [0.1, 0.15) is 11.1 Å². The highest BCUT2D eigenvalue weighted by molar-refractivity contribution is 8.26. The van der Waals surface area contributed by atoms with Gasteiger partial charge in [0.1, 0.15) is 0 Å². The first-order valence-corrected chi connectivity index (χ1v) is 9.82. The van der Waals surface area contributed by atoms with Crippen LogP contribution >= 0.6 is 70.4 Å². The van der Waals surface area contributed by atoms with Crippen molar-refractivity contribution in [2.75, 3.05) is 0 Å². The molecule has 1 heterocycles. The summed E-state index contributed by atoms with van der Waals surface area (Å²) in [7, 11) is 0. The summed E-state index contributed by atoms with van der Waals surface area (Å²) < 4.78 is 0.281. The molecule has 1 fully saturated rings. The van der Waals surface area contributed by atoms with Gasteiger partial charge in [-0.3, -0.25) is 4.79 Å². The van der Waals surface area contributed by atoms with Crippen LogP contribution in [0.3, 0.4) is 0 Å². The van der Waals surface area contributed by atoms with Crippen molar-refractivity contribution in [3.05, 3.63) is 72.5 Å². The average Bonchev–Trinajstić information content (AvgIpc) is 2.85. The number of carbonyl (C=O) groups is 1. The molecule has 2 aromatic rings. The van der Waals surface area contributed by atoms with Crippen LogP contribution in [0.2, 0.25) is 20.1 Å². The SMILES string of the molecule is O=C1/C(=C/c2c(Cl)cccc2Cl)SC(=S)N1/N=C/c1c(Cl)cccc1Cl. The minimum absolute atomic E-state index is 0.281. The lowest BCUT2D eigenvalue weighted by atomic mass is 10.2. The summed E-state index contributed by atoms with van der Waals surface area (Å²) in [5.74, 6) is -0.379. The summed E-state index contributed by atoms with van der Waals surface area (Å²) in [5, 5.41) is 6.96. The van der Waals surface area contributed by atoms with Gasteiger partial charge in [0.05, 0.1) is 21.2 Å². The second-order valence-electron chi connectivity index (χ2n) is 5.01. The maximum Gasteiger partial charge on any atom is 0.286 e. The fourth-order valence-electron chi connectivity index (χ4n) is 2.09. The minimum Gasteiger partial charge on any atom is -0.266 e. The maximum absolute atomic E-state index is 12.6. The second-order valence-corrected chi connectivity index (χ2v) is 8.31. The Morgan fingerprint density at radius 1 is 0.923 bits per heavy atom. The number of hydrogen-bond acceptors (Lipinski definition) is 4. The van der Waals surface area contributed by atoms with Crippen LogP contribution in [0.5, 0.6) is 0 Å². The predicted octanol–water partition coefficient (Wildman–Crippen LogP) is 6.54. The summed E-state index contributed by atoms with van der Waals surface area (Å²) in [6.07, 6.45) is 3.00. The molecule has 26 heavy (non-hydrogen) atoms. The zero-order valence-corrected chi connectivity index (χ0v) is 17.4. The Kier molecular flexibility index (Phi) is 6.28. The van der Waals surface area contributed by atoms with E-state index in [9.17, 15) is 4.79 Å². The number of nitrogens with zero attached hydrogens (tertiary/aromatic N) is 2. The van der Waals surface area contributed by atoms with Crippen LogP contribution in [-0.4, -0.2) is 21.5 Å². The van der Waals surface area contributed by atoms with E-state index in [2.05, 4.69) is 5.10 Å². The molecule has 1 amide bonds. The molecule has 0 saturated carbocycles. The van der Waals surface area contributed by atoms with Gasteiger partial charge in [0.2, 0.25) is 0 Å². The van der Waals surface area contributed by atoms with E-state index < -0.39 is 0 Å². The number of thioether (sulfide) groups is 1.